The molecule has 6 unspecified atom stereocenters. The van der Waals surface area contributed by atoms with E-state index >= 15 is 0 Å². The third kappa shape index (κ3) is 0.212. The van der Waals surface area contributed by atoms with E-state index in [1.165, 1.54) is 0 Å². The molecule has 0 aromatic carbocycles. The molecule has 10 heavy (non-hydrogen) atoms. The molecular weight excluding hydrogens is 120 g/mol. The Bertz CT molecular complexity index is 212. The molecule has 0 nitrogen and oxygen atoms in total. The highest BCUT2D eigenvalue weighted by Gasteiger charge is 3.00. The monoisotopic (exact) mass is 136 g/mol. The van der Waals surface area contributed by atoms with E-state index in [9.17, 15) is 0 Å². The van der Waals surface area contributed by atoms with Gasteiger partial charge in [-0.25, -0.2) is 0 Å². The van der Waals surface area contributed by atoms with Crippen LogP contribution in [-0.4, -0.2) is 0 Å². The number of hydrogen-bond donors (Lipinski definition) is 0. The van der Waals surface area contributed by atoms with Gasteiger partial charge in [0.25, 0.3) is 0 Å². The summed E-state index contributed by atoms with van der Waals surface area (Å²) in [6.45, 7) is 9.84. The van der Waals surface area contributed by atoms with Crippen LogP contribution < -0.4 is 0 Å². The lowest BCUT2D eigenvalue weighted by molar-refractivity contribution is 0.0581. The van der Waals surface area contributed by atoms with Crippen LogP contribution in [-0.2, 0) is 0 Å². The highest BCUT2D eigenvalue weighted by molar-refractivity contribution is 5.47. The molecular formula is C10H16. The fourth-order valence-corrected chi connectivity index (χ4v) is 4.87. The molecule has 0 saturated heterocycles. The van der Waals surface area contributed by atoms with E-state index in [1.807, 2.05) is 0 Å². The standard InChI is InChI=1S/C10H16/c1-5-6(2)10-7(3)9(10,4)8(5)10/h5-8H,1-4H3. The molecule has 3 fully saturated rings. The summed E-state index contributed by atoms with van der Waals surface area (Å²) in [7, 11) is 0. The van der Waals surface area contributed by atoms with E-state index in [-0.39, 0.29) is 0 Å². The van der Waals surface area contributed by atoms with E-state index < -0.39 is 0 Å². The normalized spacial score (nSPS) is 82.8. The van der Waals surface area contributed by atoms with Crippen molar-refractivity contribution in [2.24, 2.45) is 34.5 Å². The molecule has 3 rings (SSSR count). The molecule has 6 atom stereocenters. The van der Waals surface area contributed by atoms with Gasteiger partial charge in [0, 0.05) is 0 Å². The molecule has 0 aromatic rings. The Balaban J connectivity index is 2.00. The largest absolute Gasteiger partial charge is 0.0619 e. The van der Waals surface area contributed by atoms with E-state index in [4.69, 9.17) is 0 Å². The lowest BCUT2D eigenvalue weighted by atomic mass is 9.63. The van der Waals surface area contributed by atoms with Crippen LogP contribution in [0.1, 0.15) is 27.7 Å². The first-order chi connectivity index (χ1) is 4.59. The van der Waals surface area contributed by atoms with Crippen LogP contribution in [0.15, 0.2) is 0 Å². The molecule has 0 amide bonds. The zero-order chi connectivity index (χ0) is 7.31. The zero-order valence-electron chi connectivity index (χ0n) is 7.31. The molecule has 0 radical (unpaired) electrons. The van der Waals surface area contributed by atoms with Gasteiger partial charge in [0.2, 0.25) is 0 Å². The minimum absolute atomic E-state index is 0.825. The van der Waals surface area contributed by atoms with Crippen LogP contribution in [0.2, 0.25) is 0 Å². The Kier molecular flexibility index (Phi) is 0.562. The summed E-state index contributed by atoms with van der Waals surface area (Å²) in [5.41, 5.74) is 1.71. The quantitative estimate of drug-likeness (QED) is 0.480. The van der Waals surface area contributed by atoms with Gasteiger partial charge in [-0.2, -0.15) is 0 Å². The maximum atomic E-state index is 2.50. The number of hydrogen-bond acceptors (Lipinski definition) is 0. The molecule has 0 heteroatoms. The van der Waals surface area contributed by atoms with Crippen molar-refractivity contribution < 1.29 is 0 Å². The van der Waals surface area contributed by atoms with Crippen molar-refractivity contribution in [3.63, 3.8) is 0 Å². The average Bonchev–Trinajstić information content (AvgIpc) is 2.64. The summed E-state index contributed by atoms with van der Waals surface area (Å²) in [6, 6.07) is 0. The van der Waals surface area contributed by atoms with Gasteiger partial charge in [0.15, 0.2) is 0 Å². The Labute approximate surface area is 63.0 Å². The molecule has 0 aliphatic heterocycles. The smallest absolute Gasteiger partial charge is 0.0142 e. The van der Waals surface area contributed by atoms with Crippen LogP contribution in [0.4, 0.5) is 0 Å². The summed E-state index contributed by atoms with van der Waals surface area (Å²) in [5, 5.41) is 0. The summed E-state index contributed by atoms with van der Waals surface area (Å²) < 4.78 is 0. The van der Waals surface area contributed by atoms with Gasteiger partial charge in [-0.3, -0.25) is 0 Å². The van der Waals surface area contributed by atoms with Crippen molar-refractivity contribution in [3.8, 4) is 0 Å². The highest BCUT2D eigenvalue weighted by atomic mass is 15.0. The van der Waals surface area contributed by atoms with Crippen molar-refractivity contribution in [2.45, 2.75) is 27.7 Å². The SMILES string of the molecule is CC1C(C)C23C(C)C2(C)C13. The fraction of sp³-hybridized carbons (Fsp3) is 1.00. The second-order valence-corrected chi connectivity index (χ2v) is 5.06. The number of rotatable bonds is 0. The van der Waals surface area contributed by atoms with Crippen LogP contribution >= 0.6 is 0 Å². The second-order valence-electron chi connectivity index (χ2n) is 5.06. The second kappa shape index (κ2) is 1.00. The third-order valence-corrected chi connectivity index (χ3v) is 5.61. The van der Waals surface area contributed by atoms with Crippen LogP contribution in [0.5, 0.6) is 0 Å². The van der Waals surface area contributed by atoms with Crippen molar-refractivity contribution in [2.75, 3.05) is 0 Å². The molecule has 3 saturated carbocycles. The summed E-state index contributed by atoms with van der Waals surface area (Å²) >= 11 is 0. The molecule has 0 heterocycles. The minimum atomic E-state index is 0.825. The van der Waals surface area contributed by atoms with E-state index in [1.54, 1.807) is 0 Å². The topological polar surface area (TPSA) is 0 Å². The van der Waals surface area contributed by atoms with E-state index in [2.05, 4.69) is 27.7 Å². The van der Waals surface area contributed by atoms with Gasteiger partial charge >= 0.3 is 0 Å². The van der Waals surface area contributed by atoms with Crippen molar-refractivity contribution in [3.05, 3.63) is 0 Å². The molecule has 3 aliphatic carbocycles. The molecule has 0 N–H and O–H groups in total. The Morgan fingerprint density at radius 1 is 1.10 bits per heavy atom. The number of fused-ring (bicyclic) bond motifs is 1. The molecule has 0 bridgehead atoms. The zero-order valence-corrected chi connectivity index (χ0v) is 7.31. The van der Waals surface area contributed by atoms with Crippen LogP contribution in [0, 0.1) is 34.5 Å². The van der Waals surface area contributed by atoms with Gasteiger partial charge in [-0.1, -0.05) is 27.7 Å². The predicted molar refractivity (Wildman–Crippen MR) is 41.5 cm³/mol. The van der Waals surface area contributed by atoms with Crippen molar-refractivity contribution in [1.82, 2.24) is 0 Å². The summed E-state index contributed by atoms with van der Waals surface area (Å²) in [4.78, 5) is 0. The first-order valence-corrected chi connectivity index (χ1v) is 4.59. The molecule has 3 aliphatic rings. The summed E-state index contributed by atoms with van der Waals surface area (Å²) in [6.07, 6.45) is 0. The Hall–Kier alpha value is 0. The van der Waals surface area contributed by atoms with E-state index in [0.29, 0.717) is 0 Å². The molecule has 56 valence electrons. The van der Waals surface area contributed by atoms with E-state index in [0.717, 1.165) is 34.5 Å². The Morgan fingerprint density at radius 3 is 1.90 bits per heavy atom. The van der Waals surface area contributed by atoms with Crippen molar-refractivity contribution in [1.29, 1.82) is 0 Å². The molecule has 1 spiro atoms. The van der Waals surface area contributed by atoms with Gasteiger partial charge in [-0.15, -0.1) is 0 Å². The van der Waals surface area contributed by atoms with Gasteiger partial charge in [0.1, 0.15) is 0 Å². The maximum absolute atomic E-state index is 2.50. The molecule has 0 aromatic heterocycles. The first-order valence-electron chi connectivity index (χ1n) is 4.59. The van der Waals surface area contributed by atoms with Gasteiger partial charge in [-0.05, 0) is 34.5 Å². The lowest BCUT2D eigenvalue weighted by Gasteiger charge is -2.41. The van der Waals surface area contributed by atoms with Crippen molar-refractivity contribution >= 4 is 0 Å². The third-order valence-electron chi connectivity index (χ3n) is 5.61. The van der Waals surface area contributed by atoms with Gasteiger partial charge in [0.05, 0.1) is 0 Å². The maximum Gasteiger partial charge on any atom is -0.0142 e. The van der Waals surface area contributed by atoms with Crippen LogP contribution in [0.25, 0.3) is 0 Å². The minimum Gasteiger partial charge on any atom is -0.0619 e. The Morgan fingerprint density at radius 2 is 1.70 bits per heavy atom. The lowest BCUT2D eigenvalue weighted by Crippen LogP contribution is -2.37. The van der Waals surface area contributed by atoms with Crippen LogP contribution in [0.3, 0.4) is 0 Å². The summed E-state index contributed by atoms with van der Waals surface area (Å²) in [5.74, 6) is 4.29. The fourth-order valence-electron chi connectivity index (χ4n) is 4.87. The predicted octanol–water partition coefficient (Wildman–Crippen LogP) is 2.54. The highest BCUT2D eigenvalue weighted by Crippen LogP contribution is 3.04. The average molecular weight is 136 g/mol. The first kappa shape index (κ1) is 5.62. The van der Waals surface area contributed by atoms with Gasteiger partial charge < -0.3 is 0 Å².